The highest BCUT2D eigenvalue weighted by molar-refractivity contribution is 5.86. The minimum absolute atomic E-state index is 0.422. The van der Waals surface area contributed by atoms with Gasteiger partial charge < -0.3 is 0 Å². The molecular weight excluding hydrogens is 230 g/mol. The minimum Gasteiger partial charge on any atom is -0.298 e. The Morgan fingerprint density at radius 1 is 1.22 bits per heavy atom. The van der Waals surface area contributed by atoms with Crippen LogP contribution in [0.25, 0.3) is 17.0 Å². The maximum Gasteiger partial charge on any atom is 0.272 e. The number of benzene rings is 1. The van der Waals surface area contributed by atoms with Crippen LogP contribution in [0.15, 0.2) is 30.5 Å². The van der Waals surface area contributed by atoms with Crippen LogP contribution < -0.4 is 0 Å². The van der Waals surface area contributed by atoms with Crippen molar-refractivity contribution in [3.63, 3.8) is 0 Å². The zero-order chi connectivity index (χ0) is 12.5. The highest BCUT2D eigenvalue weighted by Gasteiger charge is 2.09. The van der Waals surface area contributed by atoms with Gasteiger partial charge in [0.1, 0.15) is 0 Å². The Bertz CT molecular complexity index is 734. The molecule has 0 N–H and O–H groups in total. The third-order valence-corrected chi connectivity index (χ3v) is 2.66. The fourth-order valence-electron chi connectivity index (χ4n) is 1.76. The van der Waals surface area contributed by atoms with Crippen molar-refractivity contribution in [2.45, 2.75) is 6.92 Å². The predicted molar refractivity (Wildman–Crippen MR) is 64.1 cm³/mol. The lowest BCUT2D eigenvalue weighted by Crippen LogP contribution is -1.99. The van der Waals surface area contributed by atoms with E-state index in [4.69, 9.17) is 0 Å². The molecule has 18 heavy (non-hydrogen) atoms. The molecule has 0 aliphatic carbocycles. The van der Waals surface area contributed by atoms with Crippen LogP contribution in [0.5, 0.6) is 0 Å². The molecule has 0 radical (unpaired) electrons. The molecule has 0 aliphatic heterocycles. The molecule has 2 aromatic heterocycles. The summed E-state index contributed by atoms with van der Waals surface area (Å²) in [5, 5.41) is 12.0. The first-order valence-electron chi connectivity index (χ1n) is 5.39. The second-order valence-corrected chi connectivity index (χ2v) is 3.81. The van der Waals surface area contributed by atoms with Crippen molar-refractivity contribution in [3.8, 4) is 11.3 Å². The summed E-state index contributed by atoms with van der Waals surface area (Å²) in [5.74, 6) is 1.10. The molecule has 0 amide bonds. The Morgan fingerprint density at radius 2 is 2.06 bits per heavy atom. The molecule has 0 unspecified atom stereocenters. The first-order valence-corrected chi connectivity index (χ1v) is 5.39. The predicted octanol–water partition coefficient (Wildman–Crippen LogP) is 1.31. The van der Waals surface area contributed by atoms with Crippen molar-refractivity contribution in [1.29, 1.82) is 0 Å². The fourth-order valence-corrected chi connectivity index (χ4v) is 1.76. The average Bonchev–Trinajstić information content (AvgIpc) is 2.80. The SMILES string of the molecule is Cc1nnc2nc(-c3ccccc3C=O)cnn12. The van der Waals surface area contributed by atoms with Gasteiger partial charge >= 0.3 is 0 Å². The largest absolute Gasteiger partial charge is 0.298 e. The maximum absolute atomic E-state index is 11.0. The van der Waals surface area contributed by atoms with Gasteiger partial charge in [-0.25, -0.2) is 4.98 Å². The van der Waals surface area contributed by atoms with Gasteiger partial charge in [0.15, 0.2) is 12.1 Å². The normalized spacial score (nSPS) is 10.7. The number of rotatable bonds is 2. The summed E-state index contributed by atoms with van der Waals surface area (Å²) in [6.07, 6.45) is 2.40. The van der Waals surface area contributed by atoms with Gasteiger partial charge in [-0.2, -0.15) is 9.61 Å². The summed E-state index contributed by atoms with van der Waals surface area (Å²) in [7, 11) is 0. The second-order valence-electron chi connectivity index (χ2n) is 3.81. The van der Waals surface area contributed by atoms with Gasteiger partial charge in [-0.05, 0) is 6.92 Å². The minimum atomic E-state index is 0.422. The van der Waals surface area contributed by atoms with Crippen LogP contribution in [0.2, 0.25) is 0 Å². The number of carbonyl (C=O) groups is 1. The van der Waals surface area contributed by atoms with Gasteiger partial charge in [0.2, 0.25) is 0 Å². The third-order valence-electron chi connectivity index (χ3n) is 2.66. The van der Waals surface area contributed by atoms with Crippen molar-refractivity contribution in [3.05, 3.63) is 41.9 Å². The third kappa shape index (κ3) is 1.55. The zero-order valence-corrected chi connectivity index (χ0v) is 9.61. The van der Waals surface area contributed by atoms with E-state index in [1.165, 1.54) is 0 Å². The molecule has 0 bridgehead atoms. The highest BCUT2D eigenvalue weighted by atomic mass is 16.1. The molecule has 6 nitrogen and oxygen atoms in total. The van der Waals surface area contributed by atoms with Gasteiger partial charge in [-0.15, -0.1) is 10.2 Å². The lowest BCUT2D eigenvalue weighted by Gasteiger charge is -2.03. The number of aldehydes is 1. The van der Waals surface area contributed by atoms with E-state index in [9.17, 15) is 4.79 Å². The Balaban J connectivity index is 2.22. The van der Waals surface area contributed by atoms with Crippen molar-refractivity contribution < 1.29 is 4.79 Å². The van der Waals surface area contributed by atoms with Crippen LogP contribution in [0.3, 0.4) is 0 Å². The standard InChI is InChI=1S/C12H9N5O/c1-8-15-16-12-14-11(6-13-17(8)12)10-5-3-2-4-9(10)7-18/h2-7H,1H3. The Kier molecular flexibility index (Phi) is 2.33. The highest BCUT2D eigenvalue weighted by Crippen LogP contribution is 2.19. The molecular formula is C12H9N5O. The van der Waals surface area contributed by atoms with Crippen molar-refractivity contribution >= 4 is 12.1 Å². The smallest absolute Gasteiger partial charge is 0.272 e. The molecule has 88 valence electrons. The van der Waals surface area contributed by atoms with E-state index in [-0.39, 0.29) is 0 Å². The Hall–Kier alpha value is -2.63. The summed E-state index contributed by atoms with van der Waals surface area (Å²) in [5.41, 5.74) is 1.92. The van der Waals surface area contributed by atoms with Gasteiger partial charge in [-0.1, -0.05) is 24.3 Å². The van der Waals surface area contributed by atoms with Crippen LogP contribution in [0.1, 0.15) is 16.2 Å². The van der Waals surface area contributed by atoms with Crippen molar-refractivity contribution in [1.82, 2.24) is 24.8 Å². The number of carbonyl (C=O) groups excluding carboxylic acids is 1. The summed E-state index contributed by atoms with van der Waals surface area (Å²) >= 11 is 0. The average molecular weight is 239 g/mol. The molecule has 2 heterocycles. The Labute approximate surface area is 102 Å². The molecule has 0 spiro atoms. The number of hydrogen-bond acceptors (Lipinski definition) is 5. The van der Waals surface area contributed by atoms with E-state index in [1.807, 2.05) is 12.1 Å². The lowest BCUT2D eigenvalue weighted by atomic mass is 10.1. The van der Waals surface area contributed by atoms with Gasteiger partial charge in [-0.3, -0.25) is 4.79 Å². The molecule has 3 rings (SSSR count). The zero-order valence-electron chi connectivity index (χ0n) is 9.61. The van der Waals surface area contributed by atoms with E-state index >= 15 is 0 Å². The topological polar surface area (TPSA) is 73.0 Å². The molecule has 0 saturated heterocycles. The first kappa shape index (κ1) is 10.5. The van der Waals surface area contributed by atoms with Gasteiger partial charge in [0.25, 0.3) is 5.78 Å². The summed E-state index contributed by atoms with van der Waals surface area (Å²) < 4.78 is 1.55. The van der Waals surface area contributed by atoms with E-state index in [0.29, 0.717) is 22.9 Å². The quantitative estimate of drug-likeness (QED) is 0.630. The lowest BCUT2D eigenvalue weighted by molar-refractivity contribution is 0.112. The summed E-state index contributed by atoms with van der Waals surface area (Å²) in [4.78, 5) is 15.3. The maximum atomic E-state index is 11.0. The molecule has 0 fully saturated rings. The first-order chi connectivity index (χ1) is 8.79. The number of hydrogen-bond donors (Lipinski definition) is 0. The van der Waals surface area contributed by atoms with Gasteiger partial charge in [0.05, 0.1) is 11.9 Å². The molecule has 0 saturated carbocycles. The summed E-state index contributed by atoms with van der Waals surface area (Å²) in [6.45, 7) is 1.80. The van der Waals surface area contributed by atoms with Crippen LogP contribution >= 0.6 is 0 Å². The van der Waals surface area contributed by atoms with Crippen LogP contribution in [-0.4, -0.2) is 31.1 Å². The number of aryl methyl sites for hydroxylation is 1. The number of aromatic nitrogens is 5. The van der Waals surface area contributed by atoms with E-state index in [0.717, 1.165) is 11.8 Å². The number of nitrogens with zero attached hydrogens (tertiary/aromatic N) is 5. The van der Waals surface area contributed by atoms with E-state index in [1.54, 1.807) is 29.8 Å². The van der Waals surface area contributed by atoms with Crippen molar-refractivity contribution in [2.24, 2.45) is 0 Å². The summed E-state index contributed by atoms with van der Waals surface area (Å²) in [6, 6.07) is 7.22. The molecule has 0 atom stereocenters. The van der Waals surface area contributed by atoms with E-state index in [2.05, 4.69) is 20.3 Å². The fraction of sp³-hybridized carbons (Fsp3) is 0.0833. The monoisotopic (exact) mass is 239 g/mol. The molecule has 6 heteroatoms. The van der Waals surface area contributed by atoms with Crippen molar-refractivity contribution in [2.75, 3.05) is 0 Å². The number of fused-ring (bicyclic) bond motifs is 1. The molecule has 1 aromatic carbocycles. The van der Waals surface area contributed by atoms with Gasteiger partial charge in [0, 0.05) is 11.1 Å². The van der Waals surface area contributed by atoms with Crippen LogP contribution in [0.4, 0.5) is 0 Å². The molecule has 3 aromatic rings. The second kappa shape index (κ2) is 3.99. The van der Waals surface area contributed by atoms with E-state index < -0.39 is 0 Å². The van der Waals surface area contributed by atoms with Crippen LogP contribution in [-0.2, 0) is 0 Å². The molecule has 0 aliphatic rings. The van der Waals surface area contributed by atoms with Crippen LogP contribution in [0, 0.1) is 6.92 Å². The Morgan fingerprint density at radius 3 is 2.89 bits per heavy atom.